The van der Waals surface area contributed by atoms with Crippen LogP contribution < -0.4 is 5.73 Å². The van der Waals surface area contributed by atoms with Crippen molar-refractivity contribution in [3.63, 3.8) is 0 Å². The Morgan fingerprint density at radius 1 is 1.25 bits per heavy atom. The summed E-state index contributed by atoms with van der Waals surface area (Å²) in [4.78, 5) is 0. The van der Waals surface area contributed by atoms with Crippen molar-refractivity contribution in [1.29, 1.82) is 0 Å². The lowest BCUT2D eigenvalue weighted by Crippen LogP contribution is -2.46. The van der Waals surface area contributed by atoms with E-state index < -0.39 is 0 Å². The molecule has 2 heteroatoms. The first-order chi connectivity index (χ1) is 5.56. The largest absolute Gasteiger partial charge is 0.381 e. The summed E-state index contributed by atoms with van der Waals surface area (Å²) in [6.45, 7) is 8.46. The molecule has 1 aliphatic rings. The molecule has 0 aliphatic carbocycles. The van der Waals surface area contributed by atoms with E-state index in [9.17, 15) is 0 Å². The molecule has 12 heavy (non-hydrogen) atoms. The van der Waals surface area contributed by atoms with E-state index >= 15 is 0 Å². The van der Waals surface area contributed by atoms with Gasteiger partial charge in [0.25, 0.3) is 0 Å². The average molecular weight is 171 g/mol. The Labute approximate surface area is 75.5 Å². The van der Waals surface area contributed by atoms with Crippen molar-refractivity contribution in [3.05, 3.63) is 0 Å². The quantitative estimate of drug-likeness (QED) is 0.687. The van der Waals surface area contributed by atoms with E-state index in [1.54, 1.807) is 0 Å². The monoisotopic (exact) mass is 171 g/mol. The minimum absolute atomic E-state index is 0.312. The zero-order valence-electron chi connectivity index (χ0n) is 8.47. The fourth-order valence-corrected chi connectivity index (χ4v) is 1.98. The van der Waals surface area contributed by atoms with E-state index in [1.165, 1.54) is 0 Å². The Kier molecular flexibility index (Phi) is 3.13. The summed E-state index contributed by atoms with van der Waals surface area (Å²) in [7, 11) is 0. The van der Waals surface area contributed by atoms with Crippen molar-refractivity contribution in [2.75, 3.05) is 13.2 Å². The van der Waals surface area contributed by atoms with Crippen molar-refractivity contribution in [2.24, 2.45) is 17.1 Å². The van der Waals surface area contributed by atoms with E-state index in [0.717, 1.165) is 26.1 Å². The maximum Gasteiger partial charge on any atom is 0.0471 e. The Morgan fingerprint density at radius 3 is 2.17 bits per heavy atom. The van der Waals surface area contributed by atoms with Gasteiger partial charge in [0.15, 0.2) is 0 Å². The van der Waals surface area contributed by atoms with Gasteiger partial charge in [0.1, 0.15) is 0 Å². The predicted octanol–water partition coefficient (Wildman–Crippen LogP) is 1.79. The molecule has 1 rings (SSSR count). The van der Waals surface area contributed by atoms with Crippen LogP contribution in [0.1, 0.15) is 33.6 Å². The summed E-state index contributed by atoms with van der Waals surface area (Å²) in [6, 6.07) is 0.321. The Hall–Kier alpha value is -0.0800. The summed E-state index contributed by atoms with van der Waals surface area (Å²) < 4.78 is 5.34. The molecule has 1 atom stereocenters. The first-order valence-corrected chi connectivity index (χ1v) is 4.89. The van der Waals surface area contributed by atoms with Gasteiger partial charge in [0, 0.05) is 19.3 Å². The second-order valence-electron chi connectivity index (χ2n) is 4.54. The SMILES string of the molecule is CC(C)[C@H](N)C1(C)CCOCC1. The van der Waals surface area contributed by atoms with Crippen molar-refractivity contribution in [1.82, 2.24) is 0 Å². The molecule has 0 saturated carbocycles. The molecule has 2 nitrogen and oxygen atoms in total. The van der Waals surface area contributed by atoms with Crippen LogP contribution in [0.3, 0.4) is 0 Å². The van der Waals surface area contributed by atoms with Gasteiger partial charge in [-0.3, -0.25) is 0 Å². The van der Waals surface area contributed by atoms with Crippen molar-refractivity contribution in [2.45, 2.75) is 39.7 Å². The van der Waals surface area contributed by atoms with Crippen molar-refractivity contribution >= 4 is 0 Å². The molecule has 0 unspecified atom stereocenters. The van der Waals surface area contributed by atoms with Gasteiger partial charge in [0.2, 0.25) is 0 Å². The van der Waals surface area contributed by atoms with Gasteiger partial charge in [-0.15, -0.1) is 0 Å². The molecular formula is C10H21NO. The summed E-state index contributed by atoms with van der Waals surface area (Å²) in [5.41, 5.74) is 6.48. The first-order valence-electron chi connectivity index (χ1n) is 4.89. The standard InChI is InChI=1S/C10H21NO/c1-8(2)9(11)10(3)4-6-12-7-5-10/h8-9H,4-7,11H2,1-3H3/t9-/m0/s1. The molecule has 72 valence electrons. The fraction of sp³-hybridized carbons (Fsp3) is 1.00. The van der Waals surface area contributed by atoms with Gasteiger partial charge in [-0.2, -0.15) is 0 Å². The van der Waals surface area contributed by atoms with Crippen LogP contribution in [0.25, 0.3) is 0 Å². The lowest BCUT2D eigenvalue weighted by molar-refractivity contribution is 0.00322. The lowest BCUT2D eigenvalue weighted by atomic mass is 9.72. The van der Waals surface area contributed by atoms with Gasteiger partial charge in [-0.05, 0) is 24.2 Å². The summed E-state index contributed by atoms with van der Waals surface area (Å²) in [5.74, 6) is 0.577. The smallest absolute Gasteiger partial charge is 0.0471 e. The highest BCUT2D eigenvalue weighted by atomic mass is 16.5. The van der Waals surface area contributed by atoms with E-state index in [1.807, 2.05) is 0 Å². The second-order valence-corrected chi connectivity index (χ2v) is 4.54. The third-order valence-corrected chi connectivity index (χ3v) is 3.16. The van der Waals surface area contributed by atoms with Gasteiger partial charge < -0.3 is 10.5 Å². The van der Waals surface area contributed by atoms with Gasteiger partial charge in [-0.1, -0.05) is 20.8 Å². The Morgan fingerprint density at radius 2 is 1.75 bits per heavy atom. The highest BCUT2D eigenvalue weighted by Crippen LogP contribution is 2.35. The van der Waals surface area contributed by atoms with E-state index in [4.69, 9.17) is 10.5 Å². The molecule has 0 aromatic carbocycles. The highest BCUT2D eigenvalue weighted by molar-refractivity contribution is 4.88. The van der Waals surface area contributed by atoms with E-state index in [2.05, 4.69) is 20.8 Å². The maximum atomic E-state index is 6.17. The number of hydrogen-bond donors (Lipinski definition) is 1. The van der Waals surface area contributed by atoms with Crippen LogP contribution in [-0.2, 0) is 4.74 Å². The highest BCUT2D eigenvalue weighted by Gasteiger charge is 2.34. The van der Waals surface area contributed by atoms with Crippen LogP contribution in [0.15, 0.2) is 0 Å². The van der Waals surface area contributed by atoms with Gasteiger partial charge >= 0.3 is 0 Å². The van der Waals surface area contributed by atoms with Crippen molar-refractivity contribution < 1.29 is 4.74 Å². The van der Waals surface area contributed by atoms with E-state index in [-0.39, 0.29) is 0 Å². The number of hydrogen-bond acceptors (Lipinski definition) is 2. The molecule has 1 fully saturated rings. The molecule has 1 aliphatic heterocycles. The van der Waals surface area contributed by atoms with Crippen molar-refractivity contribution in [3.8, 4) is 0 Å². The Bertz CT molecular complexity index is 139. The van der Waals surface area contributed by atoms with Crippen LogP contribution in [0, 0.1) is 11.3 Å². The average Bonchev–Trinajstić information content (AvgIpc) is 2.04. The van der Waals surface area contributed by atoms with Crippen LogP contribution in [0.2, 0.25) is 0 Å². The molecule has 0 aromatic heterocycles. The molecule has 2 N–H and O–H groups in total. The first kappa shape index (κ1) is 10.0. The third kappa shape index (κ3) is 1.99. The fourth-order valence-electron chi connectivity index (χ4n) is 1.98. The minimum Gasteiger partial charge on any atom is -0.381 e. The molecule has 0 bridgehead atoms. The second kappa shape index (κ2) is 3.75. The normalized spacial score (nSPS) is 25.8. The lowest BCUT2D eigenvalue weighted by Gasteiger charge is -2.40. The predicted molar refractivity (Wildman–Crippen MR) is 51.0 cm³/mol. The minimum atomic E-state index is 0.312. The number of rotatable bonds is 2. The molecular weight excluding hydrogens is 150 g/mol. The molecule has 0 spiro atoms. The molecule has 1 saturated heterocycles. The van der Waals surface area contributed by atoms with Crippen LogP contribution >= 0.6 is 0 Å². The topological polar surface area (TPSA) is 35.2 Å². The molecule has 0 aromatic rings. The zero-order chi connectivity index (χ0) is 9.19. The third-order valence-electron chi connectivity index (χ3n) is 3.16. The van der Waals surface area contributed by atoms with Crippen LogP contribution in [0.5, 0.6) is 0 Å². The summed E-state index contributed by atoms with van der Waals surface area (Å²) >= 11 is 0. The van der Waals surface area contributed by atoms with Gasteiger partial charge in [-0.25, -0.2) is 0 Å². The van der Waals surface area contributed by atoms with E-state index in [0.29, 0.717) is 17.4 Å². The maximum absolute atomic E-state index is 6.17. The van der Waals surface area contributed by atoms with Crippen LogP contribution in [0.4, 0.5) is 0 Å². The summed E-state index contributed by atoms with van der Waals surface area (Å²) in [5, 5.41) is 0. The van der Waals surface area contributed by atoms with Crippen LogP contribution in [-0.4, -0.2) is 19.3 Å². The number of ether oxygens (including phenoxy) is 1. The summed E-state index contributed by atoms with van der Waals surface area (Å²) in [6.07, 6.45) is 2.23. The van der Waals surface area contributed by atoms with Gasteiger partial charge in [0.05, 0.1) is 0 Å². The number of nitrogens with two attached hydrogens (primary N) is 1. The Balaban J connectivity index is 2.56. The molecule has 0 radical (unpaired) electrons. The molecule has 1 heterocycles. The molecule has 0 amide bonds. The zero-order valence-corrected chi connectivity index (χ0v) is 8.47.